The average molecular weight is 268 g/mol. The van der Waals surface area contributed by atoms with Gasteiger partial charge in [-0.2, -0.15) is 0 Å². The lowest BCUT2D eigenvalue weighted by molar-refractivity contribution is -0.131. The van der Waals surface area contributed by atoms with Gasteiger partial charge in [-0.3, -0.25) is 9.69 Å². The first-order valence-corrected chi connectivity index (χ1v) is 7.05. The second kappa shape index (κ2) is 5.38. The van der Waals surface area contributed by atoms with E-state index in [0.29, 0.717) is 19.6 Å². The van der Waals surface area contributed by atoms with E-state index in [1.807, 2.05) is 36.4 Å². The maximum absolute atomic E-state index is 12.0. The number of aliphatic hydroxyl groups is 1. The van der Waals surface area contributed by atoms with E-state index < -0.39 is 5.60 Å². The molecule has 0 saturated carbocycles. The summed E-state index contributed by atoms with van der Waals surface area (Å²) in [5.74, 6) is 0.112. The first-order valence-electron chi connectivity index (χ1n) is 6.17. The molecule has 4 nitrogen and oxygen atoms in total. The lowest BCUT2D eigenvalue weighted by Gasteiger charge is -2.22. The second-order valence-electron chi connectivity index (χ2n) is 5.29. The van der Waals surface area contributed by atoms with Crippen molar-refractivity contribution >= 4 is 17.2 Å². The molecule has 1 aliphatic heterocycles. The molecule has 1 aromatic rings. The van der Waals surface area contributed by atoms with Gasteiger partial charge in [-0.15, -0.1) is 11.3 Å². The fraction of sp³-hybridized carbons (Fsp3) is 0.615. The Hall–Kier alpha value is -0.910. The van der Waals surface area contributed by atoms with Gasteiger partial charge < -0.3 is 10.0 Å². The van der Waals surface area contributed by atoms with Gasteiger partial charge in [0, 0.05) is 25.0 Å². The van der Waals surface area contributed by atoms with Crippen molar-refractivity contribution in [2.75, 3.05) is 26.7 Å². The zero-order valence-corrected chi connectivity index (χ0v) is 11.7. The van der Waals surface area contributed by atoms with Crippen LogP contribution in [-0.4, -0.2) is 53.1 Å². The molecule has 0 spiro atoms. The van der Waals surface area contributed by atoms with Gasteiger partial charge in [-0.25, -0.2) is 0 Å². The van der Waals surface area contributed by atoms with Crippen molar-refractivity contribution in [2.24, 2.45) is 0 Å². The molecule has 0 aromatic carbocycles. The number of amides is 1. The van der Waals surface area contributed by atoms with Crippen LogP contribution in [-0.2, 0) is 11.3 Å². The Kier molecular flexibility index (Phi) is 4.04. The van der Waals surface area contributed by atoms with E-state index in [9.17, 15) is 9.90 Å². The van der Waals surface area contributed by atoms with Crippen LogP contribution < -0.4 is 0 Å². The molecule has 1 saturated heterocycles. The third-order valence-electron chi connectivity index (χ3n) is 3.29. The molecule has 0 aliphatic carbocycles. The molecule has 0 radical (unpaired) electrons. The molecule has 1 aliphatic rings. The number of rotatable bonds is 4. The third-order valence-corrected chi connectivity index (χ3v) is 4.15. The van der Waals surface area contributed by atoms with Crippen molar-refractivity contribution in [1.29, 1.82) is 0 Å². The quantitative estimate of drug-likeness (QED) is 0.891. The first kappa shape index (κ1) is 13.5. The van der Waals surface area contributed by atoms with Crippen LogP contribution in [0, 0.1) is 0 Å². The van der Waals surface area contributed by atoms with Gasteiger partial charge in [-0.05, 0) is 24.8 Å². The number of hydrogen-bond donors (Lipinski definition) is 1. The summed E-state index contributed by atoms with van der Waals surface area (Å²) in [5.41, 5.74) is -0.632. The highest BCUT2D eigenvalue weighted by atomic mass is 32.1. The lowest BCUT2D eigenvalue weighted by atomic mass is 10.1. The van der Waals surface area contributed by atoms with Crippen LogP contribution in [0.1, 0.15) is 18.2 Å². The third kappa shape index (κ3) is 3.54. The minimum absolute atomic E-state index is 0.112. The summed E-state index contributed by atoms with van der Waals surface area (Å²) in [6.07, 6.45) is 0.745. The number of likely N-dealkylation sites (N-methyl/N-ethyl adjacent to an activating group) is 1. The summed E-state index contributed by atoms with van der Waals surface area (Å²) in [5, 5.41) is 11.9. The van der Waals surface area contributed by atoms with Crippen LogP contribution in [0.4, 0.5) is 0 Å². The normalized spacial score (nSPS) is 24.4. The maximum Gasteiger partial charge on any atom is 0.236 e. The van der Waals surface area contributed by atoms with Crippen LogP contribution in [0.5, 0.6) is 0 Å². The first-order chi connectivity index (χ1) is 8.46. The smallest absolute Gasteiger partial charge is 0.236 e. The predicted octanol–water partition coefficient (Wildman–Crippen LogP) is 1.16. The number of nitrogens with zero attached hydrogens (tertiary/aromatic N) is 2. The van der Waals surface area contributed by atoms with Crippen LogP contribution in [0.15, 0.2) is 17.5 Å². The highest BCUT2D eigenvalue weighted by Crippen LogP contribution is 2.20. The van der Waals surface area contributed by atoms with Crippen molar-refractivity contribution in [3.05, 3.63) is 22.4 Å². The molecular formula is C13H20N2O2S. The SMILES string of the molecule is CN(Cc1cccs1)C(=O)CN1CCC(C)(O)C1. The molecule has 100 valence electrons. The van der Waals surface area contributed by atoms with Crippen LogP contribution in [0.25, 0.3) is 0 Å². The largest absolute Gasteiger partial charge is 0.389 e. The molecule has 0 bridgehead atoms. The summed E-state index contributed by atoms with van der Waals surface area (Å²) in [6, 6.07) is 4.03. The second-order valence-corrected chi connectivity index (χ2v) is 6.32. The fourth-order valence-corrected chi connectivity index (χ4v) is 2.97. The van der Waals surface area contributed by atoms with Crippen molar-refractivity contribution in [3.63, 3.8) is 0 Å². The van der Waals surface area contributed by atoms with Gasteiger partial charge in [0.05, 0.1) is 18.7 Å². The van der Waals surface area contributed by atoms with Crippen LogP contribution >= 0.6 is 11.3 Å². The molecule has 1 atom stereocenters. The van der Waals surface area contributed by atoms with Gasteiger partial charge in [0.25, 0.3) is 0 Å². The van der Waals surface area contributed by atoms with E-state index in [1.165, 1.54) is 4.88 Å². The van der Waals surface area contributed by atoms with Crippen molar-refractivity contribution in [1.82, 2.24) is 9.80 Å². The Balaban J connectivity index is 1.81. The predicted molar refractivity (Wildman–Crippen MR) is 72.5 cm³/mol. The number of β-amino-alcohol motifs (C(OH)–C–C–N with tert-alkyl or cyclic N) is 1. The number of hydrogen-bond acceptors (Lipinski definition) is 4. The van der Waals surface area contributed by atoms with Gasteiger partial charge in [0.15, 0.2) is 0 Å². The maximum atomic E-state index is 12.0. The van der Waals surface area contributed by atoms with Gasteiger partial charge in [-0.1, -0.05) is 6.07 Å². The summed E-state index contributed by atoms with van der Waals surface area (Å²) in [4.78, 5) is 17.0. The Morgan fingerprint density at radius 3 is 3.00 bits per heavy atom. The van der Waals surface area contributed by atoms with Crippen molar-refractivity contribution in [3.8, 4) is 0 Å². The monoisotopic (exact) mass is 268 g/mol. The minimum Gasteiger partial charge on any atom is -0.389 e. The molecule has 1 fully saturated rings. The Bertz CT molecular complexity index is 403. The van der Waals surface area contributed by atoms with Gasteiger partial charge >= 0.3 is 0 Å². The molecule has 1 unspecified atom stereocenters. The topological polar surface area (TPSA) is 43.8 Å². The standard InChI is InChI=1S/C13H20N2O2S/c1-13(17)5-6-15(10-13)9-12(16)14(2)8-11-4-3-7-18-11/h3-4,7,17H,5-6,8-10H2,1-2H3. The number of carbonyl (C=O) groups is 1. The van der Waals surface area contributed by atoms with E-state index in [2.05, 4.69) is 0 Å². The zero-order valence-electron chi connectivity index (χ0n) is 10.9. The van der Waals surface area contributed by atoms with Crippen molar-refractivity contribution < 1.29 is 9.90 Å². The molecular weight excluding hydrogens is 248 g/mol. The molecule has 1 aromatic heterocycles. The van der Waals surface area contributed by atoms with E-state index in [0.717, 1.165) is 13.0 Å². The summed E-state index contributed by atoms with van der Waals surface area (Å²) < 4.78 is 0. The fourth-order valence-electron chi connectivity index (χ4n) is 2.21. The minimum atomic E-state index is -0.632. The molecule has 2 rings (SSSR count). The van der Waals surface area contributed by atoms with Crippen LogP contribution in [0.3, 0.4) is 0 Å². The Morgan fingerprint density at radius 1 is 1.67 bits per heavy atom. The number of likely N-dealkylation sites (tertiary alicyclic amines) is 1. The summed E-state index contributed by atoms with van der Waals surface area (Å²) >= 11 is 1.66. The number of carbonyl (C=O) groups excluding carboxylic acids is 1. The highest BCUT2D eigenvalue weighted by Gasteiger charge is 2.32. The lowest BCUT2D eigenvalue weighted by Crippen LogP contribution is -2.38. The number of thiophene rings is 1. The summed E-state index contributed by atoms with van der Waals surface area (Å²) in [7, 11) is 1.83. The van der Waals surface area contributed by atoms with E-state index in [-0.39, 0.29) is 5.91 Å². The highest BCUT2D eigenvalue weighted by molar-refractivity contribution is 7.09. The van der Waals surface area contributed by atoms with Gasteiger partial charge in [0.2, 0.25) is 5.91 Å². The van der Waals surface area contributed by atoms with E-state index in [1.54, 1.807) is 16.2 Å². The molecule has 1 N–H and O–H groups in total. The van der Waals surface area contributed by atoms with Crippen LogP contribution in [0.2, 0.25) is 0 Å². The van der Waals surface area contributed by atoms with Gasteiger partial charge in [0.1, 0.15) is 0 Å². The average Bonchev–Trinajstić information content (AvgIpc) is 2.88. The van der Waals surface area contributed by atoms with Crippen molar-refractivity contribution in [2.45, 2.75) is 25.5 Å². The molecule has 2 heterocycles. The molecule has 1 amide bonds. The zero-order chi connectivity index (χ0) is 13.2. The Morgan fingerprint density at radius 2 is 2.44 bits per heavy atom. The van der Waals surface area contributed by atoms with E-state index in [4.69, 9.17) is 0 Å². The van der Waals surface area contributed by atoms with E-state index >= 15 is 0 Å². The molecule has 5 heteroatoms. The molecule has 18 heavy (non-hydrogen) atoms. The Labute approximate surface area is 112 Å². The summed E-state index contributed by atoms with van der Waals surface area (Å²) in [6.45, 7) is 4.28.